The van der Waals surface area contributed by atoms with Crippen LogP contribution in [0.15, 0.2) is 0 Å². The fourth-order valence-electron chi connectivity index (χ4n) is 4.84. The summed E-state index contributed by atoms with van der Waals surface area (Å²) in [5.74, 6) is 2.48. The molecule has 0 aromatic rings. The monoisotopic (exact) mass is 480 g/mol. The maximum Gasteiger partial charge on any atom is 0.305 e. The Kier molecular flexibility index (Phi) is 18.4. The van der Waals surface area contributed by atoms with E-state index in [0.29, 0.717) is 37.9 Å². The van der Waals surface area contributed by atoms with E-state index in [9.17, 15) is 9.59 Å². The highest BCUT2D eigenvalue weighted by molar-refractivity contribution is 5.69. The van der Waals surface area contributed by atoms with Crippen LogP contribution < -0.4 is 0 Å². The fraction of sp³-hybridized carbons (Fsp3) is 0.933. The minimum atomic E-state index is -0.0295. The van der Waals surface area contributed by atoms with Crippen LogP contribution in [0.4, 0.5) is 0 Å². The van der Waals surface area contributed by atoms with Crippen molar-refractivity contribution in [3.8, 4) is 0 Å². The summed E-state index contributed by atoms with van der Waals surface area (Å²) in [5.41, 5.74) is 0. The van der Waals surface area contributed by atoms with E-state index in [1.807, 2.05) is 0 Å². The summed E-state index contributed by atoms with van der Waals surface area (Å²) in [6.07, 6.45) is 19.9. The number of hydrogen-bond donors (Lipinski definition) is 0. The number of hydrogen-bond acceptors (Lipinski definition) is 4. The van der Waals surface area contributed by atoms with Crippen LogP contribution in [0.3, 0.4) is 0 Å². The highest BCUT2D eigenvalue weighted by Crippen LogP contribution is 2.29. The van der Waals surface area contributed by atoms with Gasteiger partial charge in [-0.05, 0) is 62.2 Å². The van der Waals surface area contributed by atoms with Crippen molar-refractivity contribution in [3.63, 3.8) is 0 Å². The molecule has 34 heavy (non-hydrogen) atoms. The third kappa shape index (κ3) is 18.3. The molecule has 0 heterocycles. The lowest BCUT2D eigenvalue weighted by atomic mass is 9.83. The highest BCUT2D eigenvalue weighted by Gasteiger charge is 2.23. The zero-order valence-corrected chi connectivity index (χ0v) is 23.1. The first kappa shape index (κ1) is 31.0. The summed E-state index contributed by atoms with van der Waals surface area (Å²) in [4.78, 5) is 24.0. The van der Waals surface area contributed by atoms with Crippen molar-refractivity contribution < 1.29 is 19.1 Å². The number of rotatable bonds is 20. The minimum absolute atomic E-state index is 0.0295. The van der Waals surface area contributed by atoms with Crippen molar-refractivity contribution in [2.24, 2.45) is 23.7 Å². The standard InChI is InChI=1S/C30H56O4/c1-25(2)15-11-7-5-9-13-17-29(31)33-23-27-19-21-28(22-20-27)24-34-30(32)18-14-10-6-8-12-16-26(3)4/h25-28H,5-24H2,1-4H3. The Labute approximate surface area is 211 Å². The van der Waals surface area contributed by atoms with Gasteiger partial charge in [0.1, 0.15) is 0 Å². The van der Waals surface area contributed by atoms with Crippen molar-refractivity contribution in [3.05, 3.63) is 0 Å². The Bertz CT molecular complexity index is 460. The topological polar surface area (TPSA) is 52.6 Å². The molecule has 4 heteroatoms. The molecule has 1 rings (SSSR count). The first-order valence-corrected chi connectivity index (χ1v) is 14.7. The number of esters is 2. The van der Waals surface area contributed by atoms with Gasteiger partial charge in [0.15, 0.2) is 0 Å². The van der Waals surface area contributed by atoms with Crippen molar-refractivity contribution >= 4 is 11.9 Å². The molecular formula is C30H56O4. The van der Waals surface area contributed by atoms with Gasteiger partial charge in [-0.15, -0.1) is 0 Å². The molecule has 1 aliphatic rings. The van der Waals surface area contributed by atoms with Crippen molar-refractivity contribution in [2.75, 3.05) is 13.2 Å². The molecule has 0 unspecified atom stereocenters. The zero-order valence-electron chi connectivity index (χ0n) is 23.1. The molecule has 0 radical (unpaired) electrons. The molecule has 200 valence electrons. The Balaban J connectivity index is 1.95. The molecule has 0 aliphatic heterocycles. The van der Waals surface area contributed by atoms with Crippen LogP contribution >= 0.6 is 0 Å². The van der Waals surface area contributed by atoms with E-state index < -0.39 is 0 Å². The van der Waals surface area contributed by atoms with Crippen LogP contribution in [-0.2, 0) is 19.1 Å². The van der Waals surface area contributed by atoms with Gasteiger partial charge < -0.3 is 9.47 Å². The molecular weight excluding hydrogens is 424 g/mol. The summed E-state index contributed by atoms with van der Waals surface area (Å²) >= 11 is 0. The second-order valence-corrected chi connectivity index (χ2v) is 11.7. The van der Waals surface area contributed by atoms with E-state index >= 15 is 0 Å². The third-order valence-electron chi connectivity index (χ3n) is 7.25. The molecule has 0 saturated heterocycles. The zero-order chi connectivity index (χ0) is 25.0. The fourth-order valence-corrected chi connectivity index (χ4v) is 4.84. The molecule has 1 saturated carbocycles. The lowest BCUT2D eigenvalue weighted by molar-refractivity contribution is -0.147. The van der Waals surface area contributed by atoms with Crippen LogP contribution in [0.1, 0.15) is 143 Å². The summed E-state index contributed by atoms with van der Waals surface area (Å²) in [7, 11) is 0. The van der Waals surface area contributed by atoms with Gasteiger partial charge in [0.25, 0.3) is 0 Å². The molecule has 0 aromatic carbocycles. The average Bonchev–Trinajstić information content (AvgIpc) is 2.80. The summed E-state index contributed by atoms with van der Waals surface area (Å²) in [5, 5.41) is 0. The summed E-state index contributed by atoms with van der Waals surface area (Å²) in [6, 6.07) is 0. The molecule has 0 N–H and O–H groups in total. The van der Waals surface area contributed by atoms with Crippen molar-refractivity contribution in [2.45, 2.75) is 143 Å². The maximum absolute atomic E-state index is 12.0. The second kappa shape index (κ2) is 20.2. The number of unbranched alkanes of at least 4 members (excludes halogenated alkanes) is 8. The SMILES string of the molecule is CC(C)CCCCCCCC(=O)OCC1CCC(COC(=O)CCCCCCCC(C)C)CC1. The highest BCUT2D eigenvalue weighted by atomic mass is 16.5. The van der Waals surface area contributed by atoms with E-state index in [1.165, 1.54) is 51.4 Å². The molecule has 0 spiro atoms. The predicted octanol–water partition coefficient (Wildman–Crippen LogP) is 8.65. The molecule has 0 amide bonds. The van der Waals surface area contributed by atoms with Crippen LogP contribution in [0.2, 0.25) is 0 Å². The molecule has 4 nitrogen and oxygen atoms in total. The lowest BCUT2D eigenvalue weighted by Gasteiger charge is -2.27. The van der Waals surface area contributed by atoms with E-state index in [2.05, 4.69) is 27.7 Å². The maximum atomic E-state index is 12.0. The number of carbonyl (C=O) groups is 2. The van der Waals surface area contributed by atoms with Gasteiger partial charge >= 0.3 is 11.9 Å². The molecule has 0 atom stereocenters. The van der Waals surface area contributed by atoms with E-state index in [1.54, 1.807) is 0 Å². The summed E-state index contributed by atoms with van der Waals surface area (Å²) < 4.78 is 11.1. The van der Waals surface area contributed by atoms with E-state index in [4.69, 9.17) is 9.47 Å². The smallest absolute Gasteiger partial charge is 0.305 e. The van der Waals surface area contributed by atoms with E-state index in [0.717, 1.165) is 63.2 Å². The van der Waals surface area contributed by atoms with Gasteiger partial charge in [0, 0.05) is 12.8 Å². The van der Waals surface area contributed by atoms with Gasteiger partial charge in [0.2, 0.25) is 0 Å². The Hall–Kier alpha value is -1.06. The Morgan fingerprint density at radius 1 is 0.559 bits per heavy atom. The van der Waals surface area contributed by atoms with Gasteiger partial charge in [-0.2, -0.15) is 0 Å². The second-order valence-electron chi connectivity index (χ2n) is 11.7. The number of carbonyl (C=O) groups excluding carboxylic acids is 2. The van der Waals surface area contributed by atoms with Crippen LogP contribution in [0.25, 0.3) is 0 Å². The van der Waals surface area contributed by atoms with Crippen LogP contribution in [0, 0.1) is 23.7 Å². The van der Waals surface area contributed by atoms with Crippen molar-refractivity contribution in [1.82, 2.24) is 0 Å². The van der Waals surface area contributed by atoms with Gasteiger partial charge in [-0.3, -0.25) is 9.59 Å². The Morgan fingerprint density at radius 2 is 0.882 bits per heavy atom. The van der Waals surface area contributed by atoms with Gasteiger partial charge in [-0.25, -0.2) is 0 Å². The average molecular weight is 481 g/mol. The number of ether oxygens (including phenoxy) is 2. The quantitative estimate of drug-likeness (QED) is 0.129. The molecule has 1 fully saturated rings. The largest absolute Gasteiger partial charge is 0.465 e. The first-order chi connectivity index (χ1) is 16.4. The molecule has 0 bridgehead atoms. The lowest BCUT2D eigenvalue weighted by Crippen LogP contribution is -2.23. The van der Waals surface area contributed by atoms with Gasteiger partial charge in [-0.1, -0.05) is 91.9 Å². The van der Waals surface area contributed by atoms with E-state index in [-0.39, 0.29) is 11.9 Å². The van der Waals surface area contributed by atoms with Crippen LogP contribution in [-0.4, -0.2) is 25.2 Å². The molecule has 0 aromatic heterocycles. The normalized spacial score (nSPS) is 18.4. The van der Waals surface area contributed by atoms with Gasteiger partial charge in [0.05, 0.1) is 13.2 Å². The first-order valence-electron chi connectivity index (χ1n) is 14.7. The minimum Gasteiger partial charge on any atom is -0.465 e. The molecule has 1 aliphatic carbocycles. The third-order valence-corrected chi connectivity index (χ3v) is 7.25. The van der Waals surface area contributed by atoms with Crippen LogP contribution in [0.5, 0.6) is 0 Å². The van der Waals surface area contributed by atoms with Crippen molar-refractivity contribution in [1.29, 1.82) is 0 Å². The Morgan fingerprint density at radius 3 is 1.24 bits per heavy atom. The summed E-state index contributed by atoms with van der Waals surface area (Å²) in [6.45, 7) is 10.2. The predicted molar refractivity (Wildman–Crippen MR) is 142 cm³/mol.